The van der Waals surface area contributed by atoms with Gasteiger partial charge in [-0.05, 0) is 41.4 Å². The molecule has 0 heterocycles. The molecule has 2 aromatic rings. The Labute approximate surface area is 185 Å². The van der Waals surface area contributed by atoms with Crippen molar-refractivity contribution in [3.8, 4) is 0 Å². The molecule has 164 valence electrons. The van der Waals surface area contributed by atoms with Gasteiger partial charge in [0.25, 0.3) is 0 Å². The summed E-state index contributed by atoms with van der Waals surface area (Å²) in [6.45, 7) is 6.61. The largest absolute Gasteiger partial charge is 0.465 e. The van der Waals surface area contributed by atoms with Crippen molar-refractivity contribution >= 4 is 18.0 Å². The van der Waals surface area contributed by atoms with Gasteiger partial charge in [0, 0.05) is 5.92 Å². The van der Waals surface area contributed by atoms with Gasteiger partial charge in [0.05, 0.1) is 7.11 Å². The zero-order valence-electron chi connectivity index (χ0n) is 18.8. The van der Waals surface area contributed by atoms with Crippen molar-refractivity contribution in [2.24, 2.45) is 11.8 Å². The molecule has 1 fully saturated rings. The SMILES string of the molecule is COC(=O)/C(=C\c1ccccc1)C(=O)OC1CC(C)CCC1C(C)(C)c1ccccc1. The van der Waals surface area contributed by atoms with Gasteiger partial charge in [0.1, 0.15) is 11.7 Å². The van der Waals surface area contributed by atoms with Gasteiger partial charge in [-0.1, -0.05) is 87.9 Å². The average molecular weight is 421 g/mol. The first-order valence-corrected chi connectivity index (χ1v) is 10.9. The lowest BCUT2D eigenvalue weighted by Gasteiger charge is -2.44. The Morgan fingerprint density at radius 2 is 1.55 bits per heavy atom. The molecule has 0 amide bonds. The molecule has 3 rings (SSSR count). The lowest BCUT2D eigenvalue weighted by Crippen LogP contribution is -2.44. The van der Waals surface area contributed by atoms with Crippen LogP contribution < -0.4 is 0 Å². The highest BCUT2D eigenvalue weighted by Gasteiger charge is 2.42. The van der Waals surface area contributed by atoms with Gasteiger partial charge in [0.15, 0.2) is 0 Å². The highest BCUT2D eigenvalue weighted by atomic mass is 16.6. The van der Waals surface area contributed by atoms with Crippen LogP contribution in [0.5, 0.6) is 0 Å². The summed E-state index contributed by atoms with van der Waals surface area (Å²) in [5.41, 5.74) is 1.73. The monoisotopic (exact) mass is 420 g/mol. The van der Waals surface area contributed by atoms with Gasteiger partial charge >= 0.3 is 11.9 Å². The summed E-state index contributed by atoms with van der Waals surface area (Å²) >= 11 is 0. The molecule has 0 aromatic heterocycles. The van der Waals surface area contributed by atoms with Crippen LogP contribution in [0.4, 0.5) is 0 Å². The standard InChI is InChI=1S/C27H32O4/c1-19-15-16-23(27(2,3)21-13-9-6-10-14-21)24(17-19)31-26(29)22(25(28)30-4)18-20-11-7-5-8-12-20/h5-14,18-19,23-24H,15-17H2,1-4H3/b22-18+. The molecule has 2 aromatic carbocycles. The van der Waals surface area contributed by atoms with Crippen molar-refractivity contribution < 1.29 is 19.1 Å². The van der Waals surface area contributed by atoms with E-state index < -0.39 is 11.9 Å². The van der Waals surface area contributed by atoms with E-state index in [-0.39, 0.29) is 23.0 Å². The van der Waals surface area contributed by atoms with Crippen molar-refractivity contribution in [1.82, 2.24) is 0 Å². The first kappa shape index (κ1) is 22.8. The molecule has 1 saturated carbocycles. The number of methoxy groups -OCH3 is 1. The van der Waals surface area contributed by atoms with Crippen LogP contribution in [-0.2, 0) is 24.5 Å². The number of rotatable bonds is 6. The molecule has 3 atom stereocenters. The fourth-order valence-corrected chi connectivity index (χ4v) is 4.59. The summed E-state index contributed by atoms with van der Waals surface area (Å²) in [6, 6.07) is 19.6. The van der Waals surface area contributed by atoms with Crippen LogP contribution in [0.25, 0.3) is 6.08 Å². The van der Waals surface area contributed by atoms with Crippen LogP contribution in [0.3, 0.4) is 0 Å². The summed E-state index contributed by atoms with van der Waals surface area (Å²) in [5.74, 6) is -0.689. The highest BCUT2D eigenvalue weighted by Crippen LogP contribution is 2.43. The molecular formula is C27H32O4. The van der Waals surface area contributed by atoms with E-state index in [0.717, 1.165) is 24.8 Å². The van der Waals surface area contributed by atoms with Crippen LogP contribution in [0, 0.1) is 11.8 Å². The summed E-state index contributed by atoms with van der Waals surface area (Å²) in [7, 11) is 1.28. The fraction of sp³-hybridized carbons (Fsp3) is 0.407. The van der Waals surface area contributed by atoms with Crippen LogP contribution in [-0.4, -0.2) is 25.2 Å². The van der Waals surface area contributed by atoms with Crippen molar-refractivity contribution in [3.05, 3.63) is 77.4 Å². The number of ether oxygens (including phenoxy) is 2. The number of carbonyl (C=O) groups excluding carboxylic acids is 2. The van der Waals surface area contributed by atoms with E-state index in [9.17, 15) is 9.59 Å². The van der Waals surface area contributed by atoms with E-state index in [0.29, 0.717) is 5.92 Å². The third kappa shape index (κ3) is 5.43. The van der Waals surface area contributed by atoms with Gasteiger partial charge in [-0.2, -0.15) is 0 Å². The second-order valence-electron chi connectivity index (χ2n) is 9.02. The lowest BCUT2D eigenvalue weighted by atomic mass is 9.64. The van der Waals surface area contributed by atoms with E-state index in [4.69, 9.17) is 9.47 Å². The quantitative estimate of drug-likeness (QED) is 0.265. The topological polar surface area (TPSA) is 52.6 Å². The van der Waals surface area contributed by atoms with E-state index in [2.05, 4.69) is 32.9 Å². The maximum atomic E-state index is 13.1. The molecule has 31 heavy (non-hydrogen) atoms. The molecule has 0 bridgehead atoms. The first-order chi connectivity index (χ1) is 14.8. The summed E-state index contributed by atoms with van der Waals surface area (Å²) in [5, 5.41) is 0. The third-order valence-electron chi connectivity index (χ3n) is 6.49. The molecule has 0 radical (unpaired) electrons. The van der Waals surface area contributed by atoms with E-state index in [1.54, 1.807) is 0 Å². The Morgan fingerprint density at radius 3 is 2.16 bits per heavy atom. The molecular weight excluding hydrogens is 388 g/mol. The van der Waals surface area contributed by atoms with Crippen LogP contribution >= 0.6 is 0 Å². The third-order valence-corrected chi connectivity index (χ3v) is 6.49. The lowest BCUT2D eigenvalue weighted by molar-refractivity contribution is -0.154. The summed E-state index contributed by atoms with van der Waals surface area (Å²) in [4.78, 5) is 25.5. The van der Waals surface area contributed by atoms with Gasteiger partial charge < -0.3 is 9.47 Å². The van der Waals surface area contributed by atoms with E-state index >= 15 is 0 Å². The molecule has 0 saturated heterocycles. The highest BCUT2D eigenvalue weighted by molar-refractivity contribution is 6.17. The number of esters is 2. The molecule has 1 aliphatic carbocycles. The first-order valence-electron chi connectivity index (χ1n) is 10.9. The second-order valence-corrected chi connectivity index (χ2v) is 9.02. The minimum Gasteiger partial charge on any atom is -0.465 e. The zero-order valence-corrected chi connectivity index (χ0v) is 18.8. The summed E-state index contributed by atoms with van der Waals surface area (Å²) < 4.78 is 10.9. The molecule has 4 nitrogen and oxygen atoms in total. The van der Waals surface area contributed by atoms with Crippen molar-refractivity contribution in [2.75, 3.05) is 7.11 Å². The number of carbonyl (C=O) groups is 2. The maximum Gasteiger partial charge on any atom is 0.345 e. The Bertz CT molecular complexity index is 915. The molecule has 3 unspecified atom stereocenters. The number of benzene rings is 2. The smallest absolute Gasteiger partial charge is 0.345 e. The maximum absolute atomic E-state index is 13.1. The van der Waals surface area contributed by atoms with Crippen molar-refractivity contribution in [2.45, 2.75) is 51.6 Å². The van der Waals surface area contributed by atoms with Crippen LogP contribution in [0.15, 0.2) is 66.2 Å². The second kappa shape index (κ2) is 9.95. The van der Waals surface area contributed by atoms with Gasteiger partial charge in [0.2, 0.25) is 0 Å². The summed E-state index contributed by atoms with van der Waals surface area (Å²) in [6.07, 6.45) is 4.12. The van der Waals surface area contributed by atoms with Gasteiger partial charge in [-0.25, -0.2) is 9.59 Å². The van der Waals surface area contributed by atoms with Crippen molar-refractivity contribution in [1.29, 1.82) is 0 Å². The molecule has 0 N–H and O–H groups in total. The Kier molecular flexibility index (Phi) is 7.32. The van der Waals surface area contributed by atoms with Gasteiger partial charge in [-0.3, -0.25) is 0 Å². The molecule has 1 aliphatic rings. The predicted molar refractivity (Wildman–Crippen MR) is 122 cm³/mol. The van der Waals surface area contributed by atoms with Crippen LogP contribution in [0.1, 0.15) is 51.2 Å². The fourth-order valence-electron chi connectivity index (χ4n) is 4.59. The van der Waals surface area contributed by atoms with E-state index in [1.165, 1.54) is 18.7 Å². The predicted octanol–water partition coefficient (Wildman–Crippen LogP) is 5.57. The molecule has 0 spiro atoms. The molecule has 4 heteroatoms. The average Bonchev–Trinajstić information content (AvgIpc) is 2.78. The minimum absolute atomic E-state index is 0.0804. The Balaban J connectivity index is 1.88. The van der Waals surface area contributed by atoms with Crippen molar-refractivity contribution in [3.63, 3.8) is 0 Å². The molecule has 0 aliphatic heterocycles. The van der Waals surface area contributed by atoms with E-state index in [1.807, 2.05) is 48.5 Å². The normalized spacial score (nSPS) is 21.9. The van der Waals surface area contributed by atoms with Crippen LogP contribution in [0.2, 0.25) is 0 Å². The number of hydrogen-bond acceptors (Lipinski definition) is 4. The Hall–Kier alpha value is -2.88. The minimum atomic E-state index is -0.684. The number of hydrogen-bond donors (Lipinski definition) is 0. The Morgan fingerprint density at radius 1 is 0.935 bits per heavy atom. The zero-order chi connectivity index (χ0) is 22.4. The van der Waals surface area contributed by atoms with Gasteiger partial charge in [-0.15, -0.1) is 0 Å².